The lowest BCUT2D eigenvalue weighted by Gasteiger charge is -2.47. The Balaban J connectivity index is 1.57. The summed E-state index contributed by atoms with van der Waals surface area (Å²) < 4.78 is 20.8. The van der Waals surface area contributed by atoms with E-state index in [0.717, 1.165) is 12.8 Å². The van der Waals surface area contributed by atoms with Gasteiger partial charge in [0.25, 0.3) is 0 Å². The van der Waals surface area contributed by atoms with Crippen molar-refractivity contribution in [2.45, 2.75) is 121 Å². The maximum atomic E-state index is 7.47. The van der Waals surface area contributed by atoms with Gasteiger partial charge in [0.1, 0.15) is 5.60 Å². The van der Waals surface area contributed by atoms with Crippen molar-refractivity contribution < 1.29 is 13.9 Å². The summed E-state index contributed by atoms with van der Waals surface area (Å²) in [6.45, 7) is 15.7. The average Bonchev–Trinajstić information content (AvgIpc) is 3.01. The Hall–Kier alpha value is -0.943. The molecule has 1 spiro atoms. The highest BCUT2D eigenvalue weighted by Gasteiger charge is 2.62. The molecular formula is C29H46O3Si. The molecule has 4 atom stereocenters. The Morgan fingerprint density at radius 3 is 2.36 bits per heavy atom. The highest BCUT2D eigenvalue weighted by Crippen LogP contribution is 2.57. The molecule has 1 aromatic carbocycles. The van der Waals surface area contributed by atoms with Gasteiger partial charge in [-0.15, -0.1) is 0 Å². The Kier molecular flexibility index (Phi) is 7.60. The molecule has 184 valence electrons. The first kappa shape index (κ1) is 25.2. The van der Waals surface area contributed by atoms with Gasteiger partial charge in [-0.25, -0.2) is 0 Å². The van der Waals surface area contributed by atoms with Gasteiger partial charge in [0, 0.05) is 18.8 Å². The fourth-order valence-electron chi connectivity index (χ4n) is 7.37. The minimum Gasteiger partial charge on any atom is -0.410 e. The summed E-state index contributed by atoms with van der Waals surface area (Å²) in [7, 11) is -2.01. The molecule has 2 heterocycles. The van der Waals surface area contributed by atoms with Gasteiger partial charge >= 0.3 is 0 Å². The Morgan fingerprint density at radius 2 is 1.70 bits per heavy atom. The van der Waals surface area contributed by atoms with Crippen LogP contribution in [0.3, 0.4) is 0 Å². The molecular weight excluding hydrogens is 424 g/mol. The third kappa shape index (κ3) is 4.65. The van der Waals surface area contributed by atoms with Crippen molar-refractivity contribution in [3.63, 3.8) is 0 Å². The summed E-state index contributed by atoms with van der Waals surface area (Å²) in [5, 5.41) is 0. The van der Waals surface area contributed by atoms with E-state index < -0.39 is 8.32 Å². The summed E-state index contributed by atoms with van der Waals surface area (Å²) >= 11 is 0. The van der Waals surface area contributed by atoms with Crippen molar-refractivity contribution in [2.24, 2.45) is 5.92 Å². The largest absolute Gasteiger partial charge is 0.410 e. The molecule has 2 bridgehead atoms. The summed E-state index contributed by atoms with van der Waals surface area (Å²) in [6, 6.07) is 10.5. The van der Waals surface area contributed by atoms with E-state index in [9.17, 15) is 0 Å². The van der Waals surface area contributed by atoms with Crippen LogP contribution >= 0.6 is 0 Å². The molecule has 1 aliphatic carbocycles. The van der Waals surface area contributed by atoms with Gasteiger partial charge in [-0.2, -0.15) is 0 Å². The normalized spacial score (nSPS) is 31.5. The van der Waals surface area contributed by atoms with Crippen LogP contribution in [0.2, 0.25) is 16.6 Å². The lowest BCUT2D eigenvalue weighted by atomic mass is 9.74. The van der Waals surface area contributed by atoms with Gasteiger partial charge in [-0.05, 0) is 35.0 Å². The number of ether oxygens (including phenoxy) is 2. The fourth-order valence-corrected chi connectivity index (χ4v) is 13.0. The van der Waals surface area contributed by atoms with Crippen LogP contribution in [0.25, 0.3) is 0 Å². The first-order chi connectivity index (χ1) is 15.7. The number of fused-ring (bicyclic) bond motifs is 1. The van der Waals surface area contributed by atoms with Crippen molar-refractivity contribution in [2.75, 3.05) is 6.61 Å². The van der Waals surface area contributed by atoms with Crippen molar-refractivity contribution in [3.05, 3.63) is 48.0 Å². The van der Waals surface area contributed by atoms with Crippen molar-refractivity contribution >= 4 is 8.32 Å². The van der Waals surface area contributed by atoms with Crippen LogP contribution in [-0.4, -0.2) is 32.2 Å². The molecule has 1 unspecified atom stereocenters. The van der Waals surface area contributed by atoms with E-state index in [2.05, 4.69) is 84.0 Å². The molecule has 0 N–H and O–H groups in total. The third-order valence-electron chi connectivity index (χ3n) is 8.92. The number of hydrogen-bond acceptors (Lipinski definition) is 3. The topological polar surface area (TPSA) is 27.7 Å². The zero-order valence-corrected chi connectivity index (χ0v) is 22.8. The van der Waals surface area contributed by atoms with Crippen LogP contribution in [-0.2, 0) is 20.5 Å². The van der Waals surface area contributed by atoms with E-state index in [1.54, 1.807) is 0 Å². The van der Waals surface area contributed by atoms with Crippen molar-refractivity contribution in [1.29, 1.82) is 0 Å². The predicted molar refractivity (Wildman–Crippen MR) is 139 cm³/mol. The minimum absolute atomic E-state index is 0.0256. The van der Waals surface area contributed by atoms with Crippen molar-refractivity contribution in [1.82, 2.24) is 0 Å². The smallest absolute Gasteiger partial charge is 0.200 e. The van der Waals surface area contributed by atoms with Crippen molar-refractivity contribution in [3.8, 4) is 0 Å². The molecule has 0 amide bonds. The Bertz CT molecular complexity index is 783. The molecule has 1 saturated heterocycles. The quantitative estimate of drug-likeness (QED) is 0.198. The number of hydrogen-bond donors (Lipinski definition) is 0. The lowest BCUT2D eigenvalue weighted by Crippen LogP contribution is -2.54. The van der Waals surface area contributed by atoms with E-state index >= 15 is 0 Å². The highest BCUT2D eigenvalue weighted by atomic mass is 28.4. The second-order valence-corrected chi connectivity index (χ2v) is 17.2. The maximum Gasteiger partial charge on any atom is 0.200 e. The molecule has 3 nitrogen and oxygen atoms in total. The lowest BCUT2D eigenvalue weighted by molar-refractivity contribution is -0.146. The molecule has 1 aromatic rings. The van der Waals surface area contributed by atoms with E-state index in [1.165, 1.54) is 31.2 Å². The first-order valence-electron chi connectivity index (χ1n) is 13.4. The van der Waals surface area contributed by atoms with Crippen LogP contribution in [0.15, 0.2) is 42.5 Å². The Morgan fingerprint density at radius 1 is 1.00 bits per heavy atom. The summed E-state index contributed by atoms with van der Waals surface area (Å²) in [6.07, 6.45) is 12.0. The summed E-state index contributed by atoms with van der Waals surface area (Å²) in [5.41, 5.74) is 2.58. The number of rotatable bonds is 10. The van der Waals surface area contributed by atoms with Crippen LogP contribution in [0.4, 0.5) is 0 Å². The molecule has 2 aliphatic heterocycles. The molecule has 3 aliphatic rings. The molecule has 33 heavy (non-hydrogen) atoms. The molecule has 0 radical (unpaired) electrons. The summed E-state index contributed by atoms with van der Waals surface area (Å²) in [4.78, 5) is 0. The highest BCUT2D eigenvalue weighted by molar-refractivity contribution is 6.77. The average molecular weight is 471 g/mol. The Labute approximate surface area is 203 Å². The van der Waals surface area contributed by atoms with E-state index in [4.69, 9.17) is 13.9 Å². The van der Waals surface area contributed by atoms with Crippen LogP contribution in [0, 0.1) is 5.92 Å². The monoisotopic (exact) mass is 470 g/mol. The maximum absolute atomic E-state index is 7.47. The standard InChI is InChI=1S/C29H46O3Si/c1-22(2)33(23(3)4,24(5)6)31-27-20-29-16-11-10-14-26(29)15-17-28(27,32-29)18-19-30-21-25-12-8-7-9-13-25/h7-9,12-13,15,17,22-24,26-27H,10-11,14,16,18-21H2,1-6H3/t26?,27-,28-,29+/m1/s1. The molecule has 4 heteroatoms. The minimum atomic E-state index is -2.01. The van der Waals surface area contributed by atoms with Gasteiger partial charge in [0.15, 0.2) is 0 Å². The molecule has 1 saturated carbocycles. The zero-order chi connectivity index (χ0) is 23.7. The van der Waals surface area contributed by atoms with Gasteiger partial charge in [-0.3, -0.25) is 0 Å². The van der Waals surface area contributed by atoms with E-state index in [1.807, 2.05) is 0 Å². The van der Waals surface area contributed by atoms with Gasteiger partial charge < -0.3 is 13.9 Å². The first-order valence-corrected chi connectivity index (χ1v) is 15.6. The van der Waals surface area contributed by atoms with E-state index in [0.29, 0.717) is 35.8 Å². The third-order valence-corrected chi connectivity index (χ3v) is 15.0. The second-order valence-electron chi connectivity index (χ2n) is 11.7. The predicted octanol–water partition coefficient (Wildman–Crippen LogP) is 7.81. The number of benzene rings is 1. The van der Waals surface area contributed by atoms with Crippen LogP contribution in [0.5, 0.6) is 0 Å². The summed E-state index contributed by atoms with van der Waals surface area (Å²) in [5.74, 6) is 0.548. The molecule has 0 aromatic heterocycles. The second kappa shape index (κ2) is 9.97. The van der Waals surface area contributed by atoms with Gasteiger partial charge in [0.05, 0.1) is 24.9 Å². The zero-order valence-electron chi connectivity index (χ0n) is 21.8. The van der Waals surface area contributed by atoms with Crippen LogP contribution < -0.4 is 0 Å². The molecule has 2 fully saturated rings. The van der Waals surface area contributed by atoms with Gasteiger partial charge in [0.2, 0.25) is 8.32 Å². The van der Waals surface area contributed by atoms with Crippen LogP contribution in [0.1, 0.15) is 85.6 Å². The van der Waals surface area contributed by atoms with E-state index in [-0.39, 0.29) is 17.3 Å². The fraction of sp³-hybridized carbons (Fsp3) is 0.724. The molecule has 4 rings (SSSR count). The SMILES string of the molecule is CC(C)[Si](O[C@@H]1C[C@@]23CCCCC2C=C[C@]1(CCOCc1ccccc1)O3)(C(C)C)C(C)C. The van der Waals surface area contributed by atoms with Gasteiger partial charge in [-0.1, -0.05) is 96.9 Å².